The summed E-state index contributed by atoms with van der Waals surface area (Å²) in [6.07, 6.45) is -10.6. The summed E-state index contributed by atoms with van der Waals surface area (Å²) in [6, 6.07) is -2.21. The van der Waals surface area contributed by atoms with Crippen LogP contribution in [0.15, 0.2) is 16.6 Å². The second-order valence-electron chi connectivity index (χ2n) is 5.73. The van der Waals surface area contributed by atoms with Crippen LogP contribution in [0.25, 0.3) is 0 Å². The molecule has 0 aromatic heterocycles. The van der Waals surface area contributed by atoms with E-state index in [1.807, 2.05) is 0 Å². The van der Waals surface area contributed by atoms with Gasteiger partial charge in [0.1, 0.15) is 5.56 Å². The smallest absolute Gasteiger partial charge is 0.307 e. The number of nitrogens with one attached hydrogen (secondary N) is 2. The van der Waals surface area contributed by atoms with Crippen LogP contribution in [0.1, 0.15) is 21.5 Å². The number of hydrogen-bond donors (Lipinski definition) is 2. The molecule has 0 radical (unpaired) electrons. The van der Waals surface area contributed by atoms with Gasteiger partial charge in [0.15, 0.2) is 23.3 Å². The van der Waals surface area contributed by atoms with E-state index in [9.17, 15) is 57.9 Å². The topological polar surface area (TPSA) is 58.2 Å². The lowest BCUT2D eigenvalue weighted by Crippen LogP contribution is -2.36. The number of imide groups is 1. The second-order valence-corrected chi connectivity index (χ2v) is 6.53. The molecule has 3 amide bonds. The maximum absolute atomic E-state index is 13.6. The quantitative estimate of drug-likeness (QED) is 0.271. The molecule has 0 aliphatic rings. The Balaban J connectivity index is 2.42. The largest absolute Gasteiger partial charge is 0.417 e. The molecule has 0 atom stereocenters. The van der Waals surface area contributed by atoms with Gasteiger partial charge in [0.2, 0.25) is 5.82 Å². The molecular weight excluding hydrogens is 541 g/mol. The first kappa shape index (κ1) is 25.4. The van der Waals surface area contributed by atoms with Gasteiger partial charge in [0, 0.05) is 0 Å². The van der Waals surface area contributed by atoms with E-state index in [4.69, 9.17) is 0 Å². The van der Waals surface area contributed by atoms with Gasteiger partial charge in [-0.15, -0.1) is 0 Å². The van der Waals surface area contributed by atoms with Gasteiger partial charge in [-0.05, 0) is 28.1 Å². The van der Waals surface area contributed by atoms with Crippen molar-refractivity contribution in [2.24, 2.45) is 0 Å². The van der Waals surface area contributed by atoms with Crippen molar-refractivity contribution in [1.82, 2.24) is 5.32 Å². The highest BCUT2D eigenvalue weighted by Crippen LogP contribution is 2.43. The van der Waals surface area contributed by atoms with Crippen LogP contribution in [0, 0.1) is 29.1 Å². The van der Waals surface area contributed by atoms with Crippen molar-refractivity contribution < 1.29 is 57.9 Å². The van der Waals surface area contributed by atoms with E-state index in [0.29, 0.717) is 0 Å². The van der Waals surface area contributed by atoms with Crippen LogP contribution in [0.4, 0.5) is 58.8 Å². The highest BCUT2D eigenvalue weighted by molar-refractivity contribution is 9.10. The minimum Gasteiger partial charge on any atom is -0.307 e. The number of hydrogen-bond acceptors (Lipinski definition) is 2. The van der Waals surface area contributed by atoms with Crippen LogP contribution in [-0.2, 0) is 12.4 Å². The molecule has 2 rings (SSSR count). The van der Waals surface area contributed by atoms with Gasteiger partial charge >= 0.3 is 18.4 Å². The lowest BCUT2D eigenvalue weighted by atomic mass is 10.1. The monoisotopic (exact) mass is 544 g/mol. The van der Waals surface area contributed by atoms with Gasteiger partial charge in [-0.3, -0.25) is 10.1 Å². The third kappa shape index (κ3) is 4.94. The number of amides is 3. The predicted molar refractivity (Wildman–Crippen MR) is 86.9 cm³/mol. The molecule has 0 spiro atoms. The average Bonchev–Trinajstić information content (AvgIpc) is 2.64. The Morgan fingerprint density at radius 3 is 1.66 bits per heavy atom. The predicted octanol–water partition coefficient (Wildman–Crippen LogP) is 6.14. The van der Waals surface area contributed by atoms with E-state index in [0.717, 1.165) is 5.32 Å². The molecule has 32 heavy (non-hydrogen) atoms. The molecule has 2 N–H and O–H groups in total. The van der Waals surface area contributed by atoms with Crippen molar-refractivity contribution in [2.45, 2.75) is 12.4 Å². The zero-order valence-electron chi connectivity index (χ0n) is 14.5. The first-order chi connectivity index (χ1) is 14.5. The highest BCUT2D eigenvalue weighted by atomic mass is 79.9. The van der Waals surface area contributed by atoms with Crippen LogP contribution in [0.3, 0.4) is 0 Å². The van der Waals surface area contributed by atoms with Gasteiger partial charge in [-0.2, -0.15) is 26.3 Å². The zero-order valence-corrected chi connectivity index (χ0v) is 16.1. The molecule has 2 aromatic rings. The maximum Gasteiger partial charge on any atom is 0.417 e. The minimum absolute atomic E-state index is 0.0295. The molecule has 2 aromatic carbocycles. The summed E-state index contributed by atoms with van der Waals surface area (Å²) in [7, 11) is 0. The number of benzene rings is 2. The van der Waals surface area contributed by atoms with Crippen LogP contribution in [0.5, 0.6) is 0 Å². The molecule has 0 saturated carbocycles. The molecular formula is C16H4BrF11N2O2. The fourth-order valence-corrected chi connectivity index (χ4v) is 2.76. The van der Waals surface area contributed by atoms with Crippen molar-refractivity contribution in [3.63, 3.8) is 0 Å². The van der Waals surface area contributed by atoms with Crippen molar-refractivity contribution >= 4 is 33.6 Å². The van der Waals surface area contributed by atoms with Crippen molar-refractivity contribution in [3.05, 3.63) is 62.4 Å². The Morgan fingerprint density at radius 1 is 0.750 bits per heavy atom. The number of halogens is 12. The normalized spacial score (nSPS) is 12.0. The standard InChI is InChI=1S/C16H4BrF11N2O2/c17-7-4(16(26,27)28)1-3(15(23,24)25)2-5(7)29-14(32)30-13(31)6-8(18)10(20)12(22)11(21)9(6)19/h1-2H,(H2,29,30,31,32). The Morgan fingerprint density at radius 2 is 1.22 bits per heavy atom. The Bertz CT molecular complexity index is 1080. The molecule has 0 bridgehead atoms. The fraction of sp³-hybridized carbons (Fsp3) is 0.125. The highest BCUT2D eigenvalue weighted by Gasteiger charge is 2.39. The minimum atomic E-state index is -5.34. The van der Waals surface area contributed by atoms with Crippen LogP contribution in [-0.4, -0.2) is 11.9 Å². The first-order valence-electron chi connectivity index (χ1n) is 7.58. The molecule has 0 unspecified atom stereocenters. The second kappa shape index (κ2) is 8.55. The van der Waals surface area contributed by atoms with Gasteiger partial charge < -0.3 is 5.32 Å². The number of anilines is 1. The molecule has 0 aliphatic heterocycles. The number of rotatable bonds is 2. The van der Waals surface area contributed by atoms with E-state index in [1.54, 1.807) is 0 Å². The summed E-state index contributed by atoms with van der Waals surface area (Å²) >= 11 is 2.33. The lowest BCUT2D eigenvalue weighted by molar-refractivity contribution is -0.143. The van der Waals surface area contributed by atoms with E-state index in [2.05, 4.69) is 15.9 Å². The third-order valence-corrected chi connectivity index (χ3v) is 4.47. The van der Waals surface area contributed by atoms with Gasteiger partial charge in [-0.25, -0.2) is 26.7 Å². The third-order valence-electron chi connectivity index (χ3n) is 3.62. The number of carbonyl (C=O) groups excluding carboxylic acids is 2. The Hall–Kier alpha value is -2.91. The van der Waals surface area contributed by atoms with Crippen LogP contribution < -0.4 is 10.6 Å². The average molecular weight is 545 g/mol. The van der Waals surface area contributed by atoms with Gasteiger partial charge in [0.25, 0.3) is 5.91 Å². The van der Waals surface area contributed by atoms with Crippen molar-refractivity contribution in [2.75, 3.05) is 5.32 Å². The summed E-state index contributed by atoms with van der Waals surface area (Å²) < 4.78 is 143. The van der Waals surface area contributed by atoms with Crippen molar-refractivity contribution in [3.8, 4) is 0 Å². The summed E-state index contributed by atoms with van der Waals surface area (Å²) in [4.78, 5) is 23.6. The number of alkyl halides is 6. The maximum atomic E-state index is 13.6. The first-order valence-corrected chi connectivity index (χ1v) is 8.37. The van der Waals surface area contributed by atoms with Gasteiger partial charge in [-0.1, -0.05) is 0 Å². The van der Waals surface area contributed by atoms with Crippen LogP contribution >= 0.6 is 15.9 Å². The van der Waals surface area contributed by atoms with E-state index in [-0.39, 0.29) is 12.1 Å². The fourth-order valence-electron chi connectivity index (χ4n) is 2.21. The number of carbonyl (C=O) groups is 2. The van der Waals surface area contributed by atoms with E-state index < -0.39 is 80.2 Å². The molecule has 174 valence electrons. The van der Waals surface area contributed by atoms with Crippen LogP contribution in [0.2, 0.25) is 0 Å². The SMILES string of the molecule is O=C(NC(=O)c1c(F)c(F)c(F)c(F)c1F)Nc1cc(C(F)(F)F)cc(C(F)(F)F)c1Br. The molecule has 0 fully saturated rings. The molecule has 0 saturated heterocycles. The van der Waals surface area contributed by atoms with E-state index >= 15 is 0 Å². The van der Waals surface area contributed by atoms with Gasteiger partial charge in [0.05, 0.1) is 21.3 Å². The molecule has 16 heteroatoms. The molecule has 0 heterocycles. The summed E-state index contributed by atoms with van der Waals surface area (Å²) in [6.45, 7) is 0. The molecule has 4 nitrogen and oxygen atoms in total. The Kier molecular flexibility index (Phi) is 6.78. The molecule has 0 aliphatic carbocycles. The summed E-state index contributed by atoms with van der Waals surface area (Å²) in [5, 5.41) is 2.43. The number of urea groups is 1. The lowest BCUT2D eigenvalue weighted by Gasteiger charge is -2.17. The van der Waals surface area contributed by atoms with Crippen molar-refractivity contribution in [1.29, 1.82) is 0 Å². The Labute approximate surface area is 177 Å². The summed E-state index contributed by atoms with van der Waals surface area (Å²) in [5.74, 6) is -15.2. The van der Waals surface area contributed by atoms with E-state index in [1.165, 1.54) is 5.32 Å². The summed E-state index contributed by atoms with van der Waals surface area (Å²) in [5.41, 5.74) is -7.05. The zero-order chi connectivity index (χ0) is 24.8.